The predicted molar refractivity (Wildman–Crippen MR) is 84.7 cm³/mol. The second-order valence-electron chi connectivity index (χ2n) is 5.84. The van der Waals surface area contributed by atoms with Gasteiger partial charge in [0.2, 0.25) is 0 Å². The number of nitrogens with one attached hydrogen (secondary N) is 1. The third-order valence-electron chi connectivity index (χ3n) is 3.92. The lowest BCUT2D eigenvalue weighted by Crippen LogP contribution is -2.17. The van der Waals surface area contributed by atoms with Crippen LogP contribution in [0.3, 0.4) is 0 Å². The molecule has 6 heteroatoms. The molecule has 1 heterocycles. The normalized spacial score (nSPS) is 12.9. The van der Waals surface area contributed by atoms with E-state index < -0.39 is 17.7 Å². The number of ether oxygens (including phenoxy) is 1. The van der Waals surface area contributed by atoms with Gasteiger partial charge in [-0.1, -0.05) is 12.1 Å². The van der Waals surface area contributed by atoms with E-state index in [0.29, 0.717) is 11.3 Å². The van der Waals surface area contributed by atoms with Gasteiger partial charge in [0, 0.05) is 23.9 Å². The molecule has 0 aliphatic carbocycles. The first-order chi connectivity index (χ1) is 10.8. The lowest BCUT2D eigenvalue weighted by Gasteiger charge is -2.19. The summed E-state index contributed by atoms with van der Waals surface area (Å²) in [5.74, 6) is -1.89. The van der Waals surface area contributed by atoms with Gasteiger partial charge in [-0.05, 0) is 40.2 Å². The SMILES string of the molecule is CCOC(c1ccc(C)c(F)c1F)c1c(C)n(C(C)C)[nH]c1=O. The molecule has 2 aromatic rings. The van der Waals surface area contributed by atoms with Crippen molar-refractivity contribution in [3.8, 4) is 0 Å². The number of benzene rings is 1. The van der Waals surface area contributed by atoms with Crippen LogP contribution in [-0.4, -0.2) is 16.4 Å². The molecule has 0 spiro atoms. The molecular weight excluding hydrogens is 302 g/mol. The van der Waals surface area contributed by atoms with Crippen molar-refractivity contribution in [3.63, 3.8) is 0 Å². The minimum Gasteiger partial charge on any atom is -0.369 e. The Labute approximate surface area is 134 Å². The summed E-state index contributed by atoms with van der Waals surface area (Å²) in [5.41, 5.74) is 0.860. The molecule has 0 fully saturated rings. The van der Waals surface area contributed by atoms with Gasteiger partial charge in [0.05, 0.1) is 5.56 Å². The molecule has 0 radical (unpaired) electrons. The Kier molecular flexibility index (Phi) is 5.04. The molecule has 0 bridgehead atoms. The Hall–Kier alpha value is -1.95. The van der Waals surface area contributed by atoms with Crippen molar-refractivity contribution in [1.29, 1.82) is 0 Å². The van der Waals surface area contributed by atoms with E-state index in [9.17, 15) is 13.6 Å². The van der Waals surface area contributed by atoms with Gasteiger partial charge in [0.25, 0.3) is 5.56 Å². The van der Waals surface area contributed by atoms with E-state index in [4.69, 9.17) is 4.74 Å². The molecule has 1 aromatic carbocycles. The smallest absolute Gasteiger partial charge is 0.270 e. The topological polar surface area (TPSA) is 47.0 Å². The maximum absolute atomic E-state index is 14.4. The van der Waals surface area contributed by atoms with Crippen molar-refractivity contribution in [3.05, 3.63) is 56.5 Å². The molecule has 2 rings (SSSR count). The van der Waals surface area contributed by atoms with E-state index >= 15 is 0 Å². The Morgan fingerprint density at radius 1 is 1.22 bits per heavy atom. The number of halogens is 2. The fourth-order valence-corrected chi connectivity index (χ4v) is 2.73. The minimum absolute atomic E-state index is 0.0325. The largest absolute Gasteiger partial charge is 0.369 e. The van der Waals surface area contributed by atoms with Crippen molar-refractivity contribution < 1.29 is 13.5 Å². The van der Waals surface area contributed by atoms with Crippen LogP contribution in [0.25, 0.3) is 0 Å². The average Bonchev–Trinajstić information content (AvgIpc) is 2.79. The van der Waals surface area contributed by atoms with Crippen molar-refractivity contribution in [2.24, 2.45) is 0 Å². The summed E-state index contributed by atoms with van der Waals surface area (Å²) in [6, 6.07) is 3.00. The Bertz CT molecular complexity index is 763. The monoisotopic (exact) mass is 324 g/mol. The highest BCUT2D eigenvalue weighted by atomic mass is 19.2. The van der Waals surface area contributed by atoms with Crippen molar-refractivity contribution in [1.82, 2.24) is 9.78 Å². The van der Waals surface area contributed by atoms with Crippen LogP contribution in [0.2, 0.25) is 0 Å². The molecule has 23 heavy (non-hydrogen) atoms. The first kappa shape index (κ1) is 17.4. The van der Waals surface area contributed by atoms with E-state index in [-0.39, 0.29) is 29.3 Å². The van der Waals surface area contributed by atoms with Gasteiger partial charge < -0.3 is 4.74 Å². The first-order valence-corrected chi connectivity index (χ1v) is 7.66. The van der Waals surface area contributed by atoms with Crippen molar-refractivity contribution in [2.45, 2.75) is 46.8 Å². The molecule has 1 N–H and O–H groups in total. The number of aromatic amines is 1. The zero-order chi connectivity index (χ0) is 17.3. The van der Waals surface area contributed by atoms with E-state index in [1.54, 1.807) is 18.5 Å². The lowest BCUT2D eigenvalue weighted by atomic mass is 9.99. The van der Waals surface area contributed by atoms with E-state index in [1.807, 2.05) is 13.8 Å². The van der Waals surface area contributed by atoms with Crippen LogP contribution < -0.4 is 5.56 Å². The number of aromatic nitrogens is 2. The molecule has 0 amide bonds. The van der Waals surface area contributed by atoms with Crippen LogP contribution in [0.5, 0.6) is 0 Å². The average molecular weight is 324 g/mol. The zero-order valence-electron chi connectivity index (χ0n) is 14.0. The van der Waals surface area contributed by atoms with E-state index in [1.165, 1.54) is 19.1 Å². The zero-order valence-corrected chi connectivity index (χ0v) is 14.0. The van der Waals surface area contributed by atoms with Crippen LogP contribution in [0, 0.1) is 25.5 Å². The quantitative estimate of drug-likeness (QED) is 0.910. The van der Waals surface area contributed by atoms with Crippen LogP contribution in [-0.2, 0) is 4.74 Å². The summed E-state index contributed by atoms with van der Waals surface area (Å²) >= 11 is 0. The first-order valence-electron chi connectivity index (χ1n) is 7.66. The highest BCUT2D eigenvalue weighted by Crippen LogP contribution is 2.30. The molecule has 0 saturated carbocycles. The van der Waals surface area contributed by atoms with Crippen LogP contribution in [0.1, 0.15) is 55.3 Å². The molecule has 0 saturated heterocycles. The molecule has 1 atom stereocenters. The third kappa shape index (κ3) is 3.08. The summed E-state index contributed by atoms with van der Waals surface area (Å²) < 4.78 is 35.6. The predicted octanol–water partition coefficient (Wildman–Crippen LogP) is 3.78. The third-order valence-corrected chi connectivity index (χ3v) is 3.92. The van der Waals surface area contributed by atoms with Crippen molar-refractivity contribution >= 4 is 0 Å². The number of hydrogen-bond donors (Lipinski definition) is 1. The number of rotatable bonds is 5. The lowest BCUT2D eigenvalue weighted by molar-refractivity contribution is 0.0869. The van der Waals surface area contributed by atoms with Gasteiger partial charge in [-0.15, -0.1) is 0 Å². The van der Waals surface area contributed by atoms with E-state index in [0.717, 1.165) is 0 Å². The fraction of sp³-hybridized carbons (Fsp3) is 0.471. The number of aryl methyl sites for hydroxylation is 1. The summed E-state index contributed by atoms with van der Waals surface area (Å²) in [4.78, 5) is 12.3. The highest BCUT2D eigenvalue weighted by Gasteiger charge is 2.28. The van der Waals surface area contributed by atoms with Crippen LogP contribution in [0.4, 0.5) is 8.78 Å². The van der Waals surface area contributed by atoms with Gasteiger partial charge in [-0.25, -0.2) is 8.78 Å². The maximum atomic E-state index is 14.4. The number of H-pyrrole nitrogens is 1. The van der Waals surface area contributed by atoms with Gasteiger partial charge in [0.1, 0.15) is 6.10 Å². The number of nitrogens with zero attached hydrogens (tertiary/aromatic N) is 1. The minimum atomic E-state index is -0.973. The standard InChI is InChI=1S/C17H22F2N2O2/c1-6-23-16(12-8-7-10(4)14(18)15(12)19)13-11(5)21(9(2)3)20-17(13)22/h7-9,16H,6H2,1-5H3,(H,20,22). The molecule has 4 nitrogen and oxygen atoms in total. The second-order valence-corrected chi connectivity index (χ2v) is 5.84. The molecular formula is C17H22F2N2O2. The second kappa shape index (κ2) is 6.66. The summed E-state index contributed by atoms with van der Waals surface area (Å²) in [5, 5.41) is 2.73. The fourth-order valence-electron chi connectivity index (χ4n) is 2.73. The molecule has 0 aliphatic heterocycles. The summed E-state index contributed by atoms with van der Waals surface area (Å²) in [7, 11) is 0. The van der Waals surface area contributed by atoms with Crippen LogP contribution in [0.15, 0.2) is 16.9 Å². The number of hydrogen-bond acceptors (Lipinski definition) is 2. The van der Waals surface area contributed by atoms with Crippen molar-refractivity contribution in [2.75, 3.05) is 6.61 Å². The Morgan fingerprint density at radius 2 is 1.87 bits per heavy atom. The molecule has 0 aliphatic rings. The van der Waals surface area contributed by atoms with E-state index in [2.05, 4.69) is 5.10 Å². The Balaban J connectivity index is 2.66. The summed E-state index contributed by atoms with van der Waals surface area (Å²) in [6.45, 7) is 9.12. The maximum Gasteiger partial charge on any atom is 0.270 e. The van der Waals surface area contributed by atoms with Crippen LogP contribution >= 0.6 is 0 Å². The Morgan fingerprint density at radius 3 is 2.39 bits per heavy atom. The van der Waals surface area contributed by atoms with Gasteiger partial charge in [-0.3, -0.25) is 14.6 Å². The van der Waals surface area contributed by atoms with Gasteiger partial charge in [-0.2, -0.15) is 0 Å². The van der Waals surface area contributed by atoms with Gasteiger partial charge in [0.15, 0.2) is 11.6 Å². The molecule has 1 aromatic heterocycles. The summed E-state index contributed by atoms with van der Waals surface area (Å²) in [6.07, 6.45) is -0.946. The highest BCUT2D eigenvalue weighted by molar-refractivity contribution is 5.35. The molecule has 1 unspecified atom stereocenters. The van der Waals surface area contributed by atoms with Gasteiger partial charge >= 0.3 is 0 Å². The molecule has 126 valence electrons.